The molecule has 1 aromatic heterocycles. The predicted octanol–water partition coefficient (Wildman–Crippen LogP) is 2.55. The lowest BCUT2D eigenvalue weighted by atomic mass is 10.2. The van der Waals surface area contributed by atoms with Crippen molar-refractivity contribution in [3.63, 3.8) is 0 Å². The number of anilines is 2. The van der Waals surface area contributed by atoms with Crippen LogP contribution in [0.25, 0.3) is 0 Å². The van der Waals surface area contributed by atoms with Crippen LogP contribution >= 0.6 is 0 Å². The number of benzene rings is 1. The zero-order valence-electron chi connectivity index (χ0n) is 11.9. The van der Waals surface area contributed by atoms with Crippen molar-refractivity contribution in [3.05, 3.63) is 30.1 Å². The third kappa shape index (κ3) is 2.74. The molecule has 0 aliphatic rings. The van der Waals surface area contributed by atoms with E-state index in [1.165, 1.54) is 0 Å². The smallest absolute Gasteiger partial charge is 0.227 e. The van der Waals surface area contributed by atoms with E-state index in [9.17, 15) is 0 Å². The molecule has 1 aromatic carbocycles. The van der Waals surface area contributed by atoms with Crippen LogP contribution in [-0.4, -0.2) is 31.3 Å². The van der Waals surface area contributed by atoms with Crippen LogP contribution in [0.4, 0.5) is 11.6 Å². The molecule has 0 spiro atoms. The van der Waals surface area contributed by atoms with Crippen LogP contribution in [0.1, 0.15) is 5.56 Å². The summed E-state index contributed by atoms with van der Waals surface area (Å²) in [6.07, 6.45) is 3.48. The number of aromatic nitrogens is 2. The van der Waals surface area contributed by atoms with Gasteiger partial charge in [-0.25, -0.2) is 9.97 Å². The summed E-state index contributed by atoms with van der Waals surface area (Å²) in [4.78, 5) is 8.39. The van der Waals surface area contributed by atoms with E-state index >= 15 is 0 Å². The van der Waals surface area contributed by atoms with Crippen molar-refractivity contribution < 1.29 is 14.2 Å². The first-order valence-corrected chi connectivity index (χ1v) is 6.04. The van der Waals surface area contributed by atoms with E-state index in [1.54, 1.807) is 39.8 Å². The minimum atomic E-state index is 0.487. The van der Waals surface area contributed by atoms with Gasteiger partial charge in [-0.1, -0.05) is 0 Å². The van der Waals surface area contributed by atoms with Gasteiger partial charge in [0.05, 0.1) is 27.0 Å². The Morgan fingerprint density at radius 2 is 1.55 bits per heavy atom. The highest BCUT2D eigenvalue weighted by molar-refractivity contribution is 5.71. The summed E-state index contributed by atoms with van der Waals surface area (Å²) in [7, 11) is 4.71. The minimum Gasteiger partial charge on any atom is -0.493 e. The second-order valence-electron chi connectivity index (χ2n) is 4.09. The average molecular weight is 275 g/mol. The second kappa shape index (κ2) is 6.10. The molecule has 0 saturated carbocycles. The molecule has 0 atom stereocenters. The van der Waals surface area contributed by atoms with Gasteiger partial charge >= 0.3 is 0 Å². The molecule has 1 N–H and O–H groups in total. The van der Waals surface area contributed by atoms with Crippen LogP contribution in [0.3, 0.4) is 0 Å². The van der Waals surface area contributed by atoms with Crippen LogP contribution < -0.4 is 19.5 Å². The van der Waals surface area contributed by atoms with Crippen LogP contribution in [0.15, 0.2) is 24.5 Å². The van der Waals surface area contributed by atoms with Crippen molar-refractivity contribution in [2.45, 2.75) is 6.92 Å². The first kappa shape index (κ1) is 13.9. The van der Waals surface area contributed by atoms with Crippen molar-refractivity contribution >= 4 is 11.6 Å². The number of ether oxygens (including phenoxy) is 3. The van der Waals surface area contributed by atoms with E-state index < -0.39 is 0 Å². The Labute approximate surface area is 117 Å². The van der Waals surface area contributed by atoms with Crippen molar-refractivity contribution in [2.75, 3.05) is 26.6 Å². The molecule has 0 bridgehead atoms. The predicted molar refractivity (Wildman–Crippen MR) is 76.1 cm³/mol. The first-order chi connectivity index (χ1) is 9.69. The van der Waals surface area contributed by atoms with Crippen molar-refractivity contribution in [1.29, 1.82) is 0 Å². The second-order valence-corrected chi connectivity index (χ2v) is 4.09. The average Bonchev–Trinajstić information content (AvgIpc) is 2.48. The summed E-state index contributed by atoms with van der Waals surface area (Å²) in [5, 5.41) is 3.09. The van der Waals surface area contributed by atoms with Crippen LogP contribution in [0.2, 0.25) is 0 Å². The summed E-state index contributed by atoms with van der Waals surface area (Å²) < 4.78 is 15.9. The summed E-state index contributed by atoms with van der Waals surface area (Å²) in [5.41, 5.74) is 1.70. The molecular weight excluding hydrogens is 258 g/mol. The molecule has 0 radical (unpaired) electrons. The molecule has 20 heavy (non-hydrogen) atoms. The third-order valence-corrected chi connectivity index (χ3v) is 2.73. The molecule has 6 heteroatoms. The molecule has 0 fully saturated rings. The van der Waals surface area contributed by atoms with E-state index in [1.807, 2.05) is 13.0 Å². The van der Waals surface area contributed by atoms with Crippen LogP contribution in [0, 0.1) is 6.92 Å². The van der Waals surface area contributed by atoms with Gasteiger partial charge in [0.1, 0.15) is 0 Å². The molecule has 2 aromatic rings. The van der Waals surface area contributed by atoms with Crippen molar-refractivity contribution in [1.82, 2.24) is 9.97 Å². The lowest BCUT2D eigenvalue weighted by Crippen LogP contribution is -2.01. The molecule has 0 unspecified atom stereocenters. The molecule has 106 valence electrons. The number of aryl methyl sites for hydroxylation is 1. The Bertz CT molecular complexity index is 585. The van der Waals surface area contributed by atoms with Crippen LogP contribution in [0.5, 0.6) is 17.2 Å². The monoisotopic (exact) mass is 275 g/mol. The lowest BCUT2D eigenvalue weighted by molar-refractivity contribution is 0.325. The number of hydrogen-bond donors (Lipinski definition) is 1. The fraction of sp³-hybridized carbons (Fsp3) is 0.286. The Balaban J connectivity index is 2.38. The minimum absolute atomic E-state index is 0.487. The van der Waals surface area contributed by atoms with Gasteiger partial charge in [-0.3, -0.25) is 0 Å². The zero-order chi connectivity index (χ0) is 14.5. The summed E-state index contributed by atoms with van der Waals surface area (Å²) >= 11 is 0. The maximum atomic E-state index is 5.38. The van der Waals surface area contributed by atoms with Gasteiger partial charge < -0.3 is 19.5 Å². The van der Waals surface area contributed by atoms with Crippen molar-refractivity contribution in [3.8, 4) is 17.2 Å². The summed E-state index contributed by atoms with van der Waals surface area (Å²) in [6, 6.07) is 3.61. The topological polar surface area (TPSA) is 65.5 Å². The Hall–Kier alpha value is -2.50. The van der Waals surface area contributed by atoms with E-state index in [-0.39, 0.29) is 0 Å². The molecule has 0 amide bonds. The molecule has 0 aliphatic heterocycles. The summed E-state index contributed by atoms with van der Waals surface area (Å²) in [5.74, 6) is 2.14. The van der Waals surface area contributed by atoms with E-state index in [0.29, 0.717) is 28.9 Å². The Morgan fingerprint density at radius 3 is 2.10 bits per heavy atom. The zero-order valence-corrected chi connectivity index (χ0v) is 11.9. The summed E-state index contributed by atoms with van der Waals surface area (Å²) in [6.45, 7) is 1.93. The standard InChI is InChI=1S/C14H17N3O3/c1-9-7-15-14(16-8-9)17-10-5-6-11(18-2)13(20-4)12(10)19-3/h5-8H,1-4H3,(H,15,16,17). The Kier molecular flexibility index (Phi) is 4.24. The van der Waals surface area contributed by atoms with Crippen molar-refractivity contribution in [2.24, 2.45) is 0 Å². The van der Waals surface area contributed by atoms with Crippen LogP contribution in [-0.2, 0) is 0 Å². The number of nitrogens with zero attached hydrogens (tertiary/aromatic N) is 2. The van der Waals surface area contributed by atoms with Gasteiger partial charge in [0, 0.05) is 12.4 Å². The molecular formula is C14H17N3O3. The first-order valence-electron chi connectivity index (χ1n) is 6.04. The van der Waals surface area contributed by atoms with E-state index in [2.05, 4.69) is 15.3 Å². The number of methoxy groups -OCH3 is 3. The fourth-order valence-electron chi connectivity index (χ4n) is 1.78. The highest BCUT2D eigenvalue weighted by Gasteiger charge is 2.16. The molecule has 6 nitrogen and oxygen atoms in total. The van der Waals surface area contributed by atoms with Gasteiger partial charge in [-0.15, -0.1) is 0 Å². The molecule has 2 rings (SSSR count). The number of rotatable bonds is 5. The van der Waals surface area contributed by atoms with Gasteiger partial charge in [-0.05, 0) is 24.6 Å². The largest absolute Gasteiger partial charge is 0.493 e. The molecule has 0 saturated heterocycles. The van der Waals surface area contributed by atoms with E-state index in [4.69, 9.17) is 14.2 Å². The molecule has 0 aliphatic carbocycles. The van der Waals surface area contributed by atoms with Gasteiger partial charge in [0.25, 0.3) is 0 Å². The van der Waals surface area contributed by atoms with Gasteiger partial charge in [-0.2, -0.15) is 0 Å². The number of nitrogens with one attached hydrogen (secondary N) is 1. The Morgan fingerprint density at radius 1 is 0.900 bits per heavy atom. The lowest BCUT2D eigenvalue weighted by Gasteiger charge is -2.16. The maximum Gasteiger partial charge on any atom is 0.227 e. The van der Waals surface area contributed by atoms with E-state index in [0.717, 1.165) is 5.56 Å². The third-order valence-electron chi connectivity index (χ3n) is 2.73. The number of hydrogen-bond acceptors (Lipinski definition) is 6. The quantitative estimate of drug-likeness (QED) is 0.904. The highest BCUT2D eigenvalue weighted by Crippen LogP contribution is 2.43. The maximum absolute atomic E-state index is 5.38. The normalized spacial score (nSPS) is 10.0. The fourth-order valence-corrected chi connectivity index (χ4v) is 1.78. The highest BCUT2D eigenvalue weighted by atomic mass is 16.5. The van der Waals surface area contributed by atoms with Gasteiger partial charge in [0.2, 0.25) is 11.7 Å². The van der Waals surface area contributed by atoms with Gasteiger partial charge in [0.15, 0.2) is 11.5 Å². The SMILES string of the molecule is COc1ccc(Nc2ncc(C)cn2)c(OC)c1OC. The molecule has 1 heterocycles.